The van der Waals surface area contributed by atoms with E-state index in [0.29, 0.717) is 0 Å². The van der Waals surface area contributed by atoms with Crippen LogP contribution in [0, 0.1) is 0 Å². The van der Waals surface area contributed by atoms with Gasteiger partial charge < -0.3 is 0 Å². The van der Waals surface area contributed by atoms with Crippen LogP contribution in [0.25, 0.3) is 5.57 Å². The van der Waals surface area contributed by atoms with Crippen molar-refractivity contribution in [1.82, 2.24) is 0 Å². The third-order valence-corrected chi connectivity index (χ3v) is 3.55. The minimum atomic E-state index is 0.851. The van der Waals surface area contributed by atoms with Crippen molar-refractivity contribution in [1.29, 1.82) is 0 Å². The quantitative estimate of drug-likeness (QED) is 0.670. The summed E-state index contributed by atoms with van der Waals surface area (Å²) in [5.41, 5.74) is 5.54. The minimum Gasteiger partial charge on any atom is -0.0801 e. The first-order valence-corrected chi connectivity index (χ1v) is 6.48. The summed E-state index contributed by atoms with van der Waals surface area (Å²) in [6.45, 7) is 2.17. The van der Waals surface area contributed by atoms with E-state index in [-0.39, 0.29) is 0 Å². The van der Waals surface area contributed by atoms with Crippen molar-refractivity contribution in [2.75, 3.05) is 0 Å². The highest BCUT2D eigenvalue weighted by atomic mass is 14.3. The zero-order valence-corrected chi connectivity index (χ0v) is 10.3. The molecule has 0 heteroatoms. The van der Waals surface area contributed by atoms with Crippen LogP contribution in [0.2, 0.25) is 0 Å². The second-order valence-electron chi connectivity index (χ2n) is 5.08. The molecule has 86 valence electrons. The maximum absolute atomic E-state index is 2.30. The first-order valence-electron chi connectivity index (χ1n) is 6.48. The lowest BCUT2D eigenvalue weighted by Gasteiger charge is -2.04. The summed E-state index contributed by atoms with van der Waals surface area (Å²) in [6, 6.07) is 9.13. The Hall–Kier alpha value is -1.56. The number of hydrogen-bond donors (Lipinski definition) is 0. The molecule has 0 heterocycles. The van der Waals surface area contributed by atoms with Crippen molar-refractivity contribution >= 4 is 5.57 Å². The fraction of sp³-hybridized carbons (Fsp3) is 0.294. The van der Waals surface area contributed by atoms with E-state index in [0.717, 1.165) is 12.3 Å². The third kappa shape index (κ3) is 2.41. The number of benzene rings is 1. The molecule has 0 amide bonds. The monoisotopic (exact) mass is 222 g/mol. The van der Waals surface area contributed by atoms with Crippen LogP contribution < -0.4 is 0 Å². The number of hydrogen-bond acceptors (Lipinski definition) is 0. The lowest BCUT2D eigenvalue weighted by Crippen LogP contribution is -1.84. The summed E-state index contributed by atoms with van der Waals surface area (Å²) in [7, 11) is 0. The van der Waals surface area contributed by atoms with Crippen LogP contribution in [0.15, 0.2) is 54.1 Å². The lowest BCUT2D eigenvalue weighted by molar-refractivity contribution is 1.13. The van der Waals surface area contributed by atoms with Gasteiger partial charge in [0, 0.05) is 0 Å². The molecule has 1 saturated carbocycles. The molecule has 0 N–H and O–H groups in total. The van der Waals surface area contributed by atoms with Gasteiger partial charge in [-0.05, 0) is 48.8 Å². The smallest absolute Gasteiger partial charge is 0.0160 e. The van der Waals surface area contributed by atoms with Gasteiger partial charge in [-0.3, -0.25) is 0 Å². The average Bonchev–Trinajstić information content (AvgIpc) is 3.16. The van der Waals surface area contributed by atoms with E-state index < -0.39 is 0 Å². The Morgan fingerprint density at radius 3 is 2.53 bits per heavy atom. The van der Waals surface area contributed by atoms with Gasteiger partial charge >= 0.3 is 0 Å². The predicted octanol–water partition coefficient (Wildman–Crippen LogP) is 4.85. The molecule has 0 radical (unpaired) electrons. The predicted molar refractivity (Wildman–Crippen MR) is 73.9 cm³/mol. The summed E-state index contributed by atoms with van der Waals surface area (Å²) < 4.78 is 0. The van der Waals surface area contributed by atoms with Crippen LogP contribution in [0.4, 0.5) is 0 Å². The van der Waals surface area contributed by atoms with E-state index in [2.05, 4.69) is 55.5 Å². The van der Waals surface area contributed by atoms with Gasteiger partial charge in [0.25, 0.3) is 0 Å². The molecule has 2 aliphatic carbocycles. The SMILES string of the molecule is CC1=CCC=CC(c2ccc(C3CC3)cc2)=C1. The zero-order chi connectivity index (χ0) is 11.7. The van der Waals surface area contributed by atoms with Crippen LogP contribution in [-0.4, -0.2) is 0 Å². The maximum atomic E-state index is 2.30. The molecule has 0 aromatic heterocycles. The molecule has 3 rings (SSSR count). The van der Waals surface area contributed by atoms with Crippen molar-refractivity contribution < 1.29 is 0 Å². The number of rotatable bonds is 2. The Labute approximate surface area is 103 Å². The van der Waals surface area contributed by atoms with E-state index in [1.807, 2.05) is 0 Å². The van der Waals surface area contributed by atoms with Crippen LogP contribution in [0.1, 0.15) is 43.2 Å². The molecule has 2 aliphatic rings. The molecule has 0 atom stereocenters. The average molecular weight is 222 g/mol. The molecule has 1 aromatic carbocycles. The molecular weight excluding hydrogens is 204 g/mol. The maximum Gasteiger partial charge on any atom is -0.0160 e. The Bertz CT molecular complexity index is 493. The molecule has 0 bridgehead atoms. The van der Waals surface area contributed by atoms with E-state index >= 15 is 0 Å². The van der Waals surface area contributed by atoms with Gasteiger partial charge in [0.05, 0.1) is 0 Å². The van der Waals surface area contributed by atoms with Crippen molar-refractivity contribution in [2.45, 2.75) is 32.1 Å². The van der Waals surface area contributed by atoms with Crippen molar-refractivity contribution in [2.24, 2.45) is 0 Å². The van der Waals surface area contributed by atoms with E-state index in [1.54, 1.807) is 0 Å². The van der Waals surface area contributed by atoms with Crippen molar-refractivity contribution in [3.05, 3.63) is 65.3 Å². The second-order valence-corrected chi connectivity index (χ2v) is 5.08. The summed E-state index contributed by atoms with van der Waals surface area (Å²) in [4.78, 5) is 0. The van der Waals surface area contributed by atoms with Crippen LogP contribution in [0.3, 0.4) is 0 Å². The highest BCUT2D eigenvalue weighted by Gasteiger charge is 2.22. The summed E-state index contributed by atoms with van der Waals surface area (Å²) in [5.74, 6) is 0.851. The Balaban J connectivity index is 1.90. The lowest BCUT2D eigenvalue weighted by atomic mass is 10.0. The standard InChI is InChI=1S/C17H18/c1-13-4-2-3-5-17(12-13)16-10-8-15(9-11-16)14-6-7-14/h3-5,8-12,14H,2,6-7H2,1H3. The van der Waals surface area contributed by atoms with Crippen molar-refractivity contribution in [3.63, 3.8) is 0 Å². The van der Waals surface area contributed by atoms with Crippen LogP contribution in [-0.2, 0) is 0 Å². The van der Waals surface area contributed by atoms with E-state index in [1.165, 1.54) is 35.1 Å². The van der Waals surface area contributed by atoms with Crippen LogP contribution in [0.5, 0.6) is 0 Å². The van der Waals surface area contributed by atoms with Gasteiger partial charge in [-0.15, -0.1) is 0 Å². The Kier molecular flexibility index (Phi) is 2.72. The van der Waals surface area contributed by atoms with E-state index in [4.69, 9.17) is 0 Å². The largest absolute Gasteiger partial charge is 0.0801 e. The molecule has 0 unspecified atom stereocenters. The van der Waals surface area contributed by atoms with E-state index in [9.17, 15) is 0 Å². The van der Waals surface area contributed by atoms with Gasteiger partial charge in [0.1, 0.15) is 0 Å². The van der Waals surface area contributed by atoms with Gasteiger partial charge in [-0.2, -0.15) is 0 Å². The Morgan fingerprint density at radius 2 is 1.82 bits per heavy atom. The minimum absolute atomic E-state index is 0.851. The van der Waals surface area contributed by atoms with Gasteiger partial charge in [-0.1, -0.05) is 54.1 Å². The first kappa shape index (κ1) is 10.6. The molecule has 1 aromatic rings. The Morgan fingerprint density at radius 1 is 1.06 bits per heavy atom. The second kappa shape index (κ2) is 4.37. The molecule has 0 nitrogen and oxygen atoms in total. The number of allylic oxidation sites excluding steroid dienone is 6. The normalized spacial score (nSPS) is 19.6. The highest BCUT2D eigenvalue weighted by molar-refractivity contribution is 5.76. The highest BCUT2D eigenvalue weighted by Crippen LogP contribution is 2.40. The molecule has 0 saturated heterocycles. The first-order chi connectivity index (χ1) is 8.33. The molecular formula is C17H18. The van der Waals surface area contributed by atoms with Crippen LogP contribution >= 0.6 is 0 Å². The molecule has 17 heavy (non-hydrogen) atoms. The summed E-state index contributed by atoms with van der Waals surface area (Å²) in [5, 5.41) is 0. The third-order valence-electron chi connectivity index (χ3n) is 3.55. The van der Waals surface area contributed by atoms with Crippen molar-refractivity contribution in [3.8, 4) is 0 Å². The summed E-state index contributed by atoms with van der Waals surface area (Å²) >= 11 is 0. The topological polar surface area (TPSA) is 0 Å². The fourth-order valence-electron chi connectivity index (χ4n) is 2.35. The zero-order valence-electron chi connectivity index (χ0n) is 10.3. The molecule has 0 aliphatic heterocycles. The molecule has 1 fully saturated rings. The van der Waals surface area contributed by atoms with Gasteiger partial charge in [-0.25, -0.2) is 0 Å². The summed E-state index contributed by atoms with van der Waals surface area (Å²) in [6.07, 6.45) is 12.8. The fourth-order valence-corrected chi connectivity index (χ4v) is 2.35. The molecule has 0 spiro atoms. The van der Waals surface area contributed by atoms with Gasteiger partial charge in [0.15, 0.2) is 0 Å². The van der Waals surface area contributed by atoms with Gasteiger partial charge in [0.2, 0.25) is 0 Å².